The first kappa shape index (κ1) is 10.8. The van der Waals surface area contributed by atoms with E-state index in [0.717, 1.165) is 10.0 Å². The van der Waals surface area contributed by atoms with E-state index in [9.17, 15) is 4.79 Å². The zero-order valence-corrected chi connectivity index (χ0v) is 9.04. The van der Waals surface area contributed by atoms with E-state index >= 15 is 0 Å². The third-order valence-corrected chi connectivity index (χ3v) is 2.37. The van der Waals surface area contributed by atoms with Gasteiger partial charge in [-0.1, -0.05) is 46.0 Å². The first-order valence-electron chi connectivity index (χ1n) is 4.11. The highest BCUT2D eigenvalue weighted by Gasteiger charge is 1.94. The van der Waals surface area contributed by atoms with Crippen LogP contribution in [0.15, 0.2) is 28.7 Å². The molecule has 72 valence electrons. The average Bonchev–Trinajstić information content (AvgIpc) is 2.15. The summed E-state index contributed by atoms with van der Waals surface area (Å²) in [6, 6.07) is 7.75. The monoisotopic (exact) mass is 252 g/mol. The zero-order valence-electron chi connectivity index (χ0n) is 7.46. The van der Waals surface area contributed by atoms with Gasteiger partial charge < -0.3 is 5.11 Å². The van der Waals surface area contributed by atoms with Crippen molar-refractivity contribution in [2.45, 2.75) is 12.8 Å². The third-order valence-electron chi connectivity index (χ3n) is 1.60. The van der Waals surface area contributed by atoms with Crippen LogP contribution in [0.25, 0.3) is 0 Å². The Morgan fingerprint density at radius 3 is 2.71 bits per heavy atom. The van der Waals surface area contributed by atoms with Crippen LogP contribution in [0.1, 0.15) is 12.0 Å². The topological polar surface area (TPSA) is 37.3 Å². The Balaban J connectivity index is 2.56. The minimum Gasteiger partial charge on any atom is -0.481 e. The smallest absolute Gasteiger partial charge is 0.315 e. The number of benzene rings is 1. The normalized spacial score (nSPS) is 8.93. The molecule has 14 heavy (non-hydrogen) atoms. The van der Waals surface area contributed by atoms with E-state index in [1.54, 1.807) is 0 Å². The van der Waals surface area contributed by atoms with E-state index < -0.39 is 5.97 Å². The van der Waals surface area contributed by atoms with Crippen molar-refractivity contribution < 1.29 is 9.90 Å². The predicted molar refractivity (Wildman–Crippen MR) is 57.9 cm³/mol. The highest BCUT2D eigenvalue weighted by molar-refractivity contribution is 9.10. The van der Waals surface area contributed by atoms with Gasteiger partial charge in [-0.05, 0) is 11.6 Å². The fourth-order valence-electron chi connectivity index (χ4n) is 0.938. The fourth-order valence-corrected chi connectivity index (χ4v) is 1.36. The van der Waals surface area contributed by atoms with Crippen LogP contribution in [0.2, 0.25) is 0 Å². The molecule has 1 N–H and O–H groups in total. The van der Waals surface area contributed by atoms with Gasteiger partial charge >= 0.3 is 5.97 Å². The van der Waals surface area contributed by atoms with Crippen molar-refractivity contribution in [3.63, 3.8) is 0 Å². The summed E-state index contributed by atoms with van der Waals surface area (Å²) in [7, 11) is 0. The van der Waals surface area contributed by atoms with E-state index in [1.807, 2.05) is 24.3 Å². The molecule has 0 atom stereocenters. The van der Waals surface area contributed by atoms with Crippen LogP contribution in [-0.2, 0) is 11.2 Å². The van der Waals surface area contributed by atoms with Gasteiger partial charge in [-0.15, -0.1) is 0 Å². The summed E-state index contributed by atoms with van der Waals surface area (Å²) < 4.78 is 1.00. The number of halogens is 1. The quantitative estimate of drug-likeness (QED) is 0.822. The Labute approximate surface area is 91.1 Å². The molecule has 0 fully saturated rings. The van der Waals surface area contributed by atoms with Crippen molar-refractivity contribution >= 4 is 21.9 Å². The fraction of sp³-hybridized carbons (Fsp3) is 0.182. The van der Waals surface area contributed by atoms with Gasteiger partial charge in [0.1, 0.15) is 6.42 Å². The van der Waals surface area contributed by atoms with Crippen molar-refractivity contribution in [1.82, 2.24) is 0 Å². The van der Waals surface area contributed by atoms with E-state index in [4.69, 9.17) is 5.11 Å². The molecule has 3 heteroatoms. The van der Waals surface area contributed by atoms with Crippen molar-refractivity contribution in [2.24, 2.45) is 0 Å². The van der Waals surface area contributed by atoms with E-state index in [0.29, 0.717) is 6.42 Å². The van der Waals surface area contributed by atoms with Gasteiger partial charge in [0.25, 0.3) is 0 Å². The van der Waals surface area contributed by atoms with Crippen LogP contribution in [0.5, 0.6) is 0 Å². The molecule has 0 saturated carbocycles. The molecule has 0 radical (unpaired) electrons. The maximum absolute atomic E-state index is 10.2. The van der Waals surface area contributed by atoms with Gasteiger partial charge in [0.2, 0.25) is 0 Å². The van der Waals surface area contributed by atoms with Gasteiger partial charge in [0.05, 0.1) is 0 Å². The highest BCUT2D eigenvalue weighted by atomic mass is 79.9. The molecular formula is C11H9BrO2. The molecule has 0 unspecified atom stereocenters. The second-order valence-corrected chi connectivity index (χ2v) is 3.55. The summed E-state index contributed by atoms with van der Waals surface area (Å²) in [5.41, 5.74) is 1.07. The highest BCUT2D eigenvalue weighted by Crippen LogP contribution is 2.15. The average molecular weight is 253 g/mol. The molecule has 1 aromatic carbocycles. The molecule has 0 saturated heterocycles. The van der Waals surface area contributed by atoms with Gasteiger partial charge in [-0.2, -0.15) is 0 Å². The van der Waals surface area contributed by atoms with Gasteiger partial charge in [-0.3, -0.25) is 4.79 Å². The molecule has 1 rings (SSSR count). The zero-order chi connectivity index (χ0) is 10.4. The van der Waals surface area contributed by atoms with Crippen LogP contribution in [0.4, 0.5) is 0 Å². The minimum absolute atomic E-state index is 0.0928. The molecule has 0 aliphatic heterocycles. The number of hydrogen-bond donors (Lipinski definition) is 1. The summed E-state index contributed by atoms with van der Waals surface area (Å²) >= 11 is 3.39. The Morgan fingerprint density at radius 1 is 1.36 bits per heavy atom. The summed E-state index contributed by atoms with van der Waals surface area (Å²) in [6.45, 7) is 0. The minimum atomic E-state index is -0.885. The first-order chi connectivity index (χ1) is 6.70. The largest absolute Gasteiger partial charge is 0.481 e. The van der Waals surface area contributed by atoms with Crippen molar-refractivity contribution in [2.75, 3.05) is 0 Å². The van der Waals surface area contributed by atoms with E-state index in [1.165, 1.54) is 0 Å². The van der Waals surface area contributed by atoms with Crippen molar-refractivity contribution in [3.05, 3.63) is 34.3 Å². The molecule has 0 bridgehead atoms. The Kier molecular flexibility index (Phi) is 4.21. The summed E-state index contributed by atoms with van der Waals surface area (Å²) in [5.74, 6) is 4.52. The van der Waals surface area contributed by atoms with Crippen LogP contribution >= 0.6 is 15.9 Å². The van der Waals surface area contributed by atoms with Crippen LogP contribution in [-0.4, -0.2) is 11.1 Å². The molecule has 1 aromatic rings. The molecule has 0 amide bonds. The lowest BCUT2D eigenvalue weighted by molar-refractivity contribution is -0.135. The standard InChI is InChI=1S/C11H9BrO2/c12-10-7-3-1-5-9(10)6-2-4-8-11(13)14/h1,3,5,7H,6,8H2,(H,13,14). The number of carboxylic acids is 1. The van der Waals surface area contributed by atoms with Gasteiger partial charge in [0, 0.05) is 10.9 Å². The van der Waals surface area contributed by atoms with E-state index in [2.05, 4.69) is 27.8 Å². The molecule has 0 aliphatic carbocycles. The number of aliphatic carboxylic acids is 1. The summed E-state index contributed by atoms with van der Waals surface area (Å²) in [4.78, 5) is 10.2. The Morgan fingerprint density at radius 2 is 2.07 bits per heavy atom. The van der Waals surface area contributed by atoms with E-state index in [-0.39, 0.29) is 6.42 Å². The SMILES string of the molecule is O=C(O)CC#CCc1ccccc1Br. The third kappa shape index (κ3) is 3.63. The molecule has 0 aliphatic rings. The molecule has 0 spiro atoms. The second kappa shape index (κ2) is 5.46. The van der Waals surface area contributed by atoms with Crippen LogP contribution < -0.4 is 0 Å². The summed E-state index contributed by atoms with van der Waals surface area (Å²) in [6.07, 6.45) is 0.485. The Bertz CT molecular complexity index is 388. The van der Waals surface area contributed by atoms with Gasteiger partial charge in [-0.25, -0.2) is 0 Å². The maximum atomic E-state index is 10.2. The van der Waals surface area contributed by atoms with Crippen molar-refractivity contribution in [1.29, 1.82) is 0 Å². The molecular weight excluding hydrogens is 244 g/mol. The lowest BCUT2D eigenvalue weighted by Crippen LogP contribution is -1.90. The van der Waals surface area contributed by atoms with Crippen molar-refractivity contribution in [3.8, 4) is 11.8 Å². The second-order valence-electron chi connectivity index (χ2n) is 2.69. The number of carbonyl (C=O) groups is 1. The van der Waals surface area contributed by atoms with Crippen LogP contribution in [0, 0.1) is 11.8 Å². The van der Waals surface area contributed by atoms with Gasteiger partial charge in [0.15, 0.2) is 0 Å². The molecule has 0 heterocycles. The Hall–Kier alpha value is -1.27. The first-order valence-corrected chi connectivity index (χ1v) is 4.90. The predicted octanol–water partition coefficient (Wildman–Crippen LogP) is 2.47. The maximum Gasteiger partial charge on any atom is 0.315 e. The molecule has 0 aromatic heterocycles. The number of hydrogen-bond acceptors (Lipinski definition) is 1. The lowest BCUT2D eigenvalue weighted by Gasteiger charge is -1.96. The van der Waals surface area contributed by atoms with Crippen LogP contribution in [0.3, 0.4) is 0 Å². The lowest BCUT2D eigenvalue weighted by atomic mass is 10.1. The number of carboxylic acid groups (broad SMARTS) is 1. The molecule has 2 nitrogen and oxygen atoms in total. The summed E-state index contributed by atoms with van der Waals surface area (Å²) in [5, 5.41) is 8.35. The number of rotatable bonds is 2.